The number of hydrogen-bond donors (Lipinski definition) is 1. The molecule has 0 aromatic heterocycles. The van der Waals surface area contributed by atoms with E-state index < -0.39 is 15.9 Å². The summed E-state index contributed by atoms with van der Waals surface area (Å²) in [5.41, 5.74) is 3.60. The van der Waals surface area contributed by atoms with E-state index in [-0.39, 0.29) is 21.5 Å². The number of sulfonamides is 1. The summed E-state index contributed by atoms with van der Waals surface area (Å²) in [6.45, 7) is 3.08. The number of halogens is 1. The second-order valence-electron chi connectivity index (χ2n) is 11.0. The van der Waals surface area contributed by atoms with Crippen molar-refractivity contribution in [3.8, 4) is 11.1 Å². The molecule has 5 aromatic carbocycles. The third-order valence-electron chi connectivity index (χ3n) is 7.68. The number of nitrogens with zero attached hydrogens (tertiary/aromatic N) is 2. The van der Waals surface area contributed by atoms with Gasteiger partial charge in [0.25, 0.3) is 15.9 Å². The standard InChI is InChI=1S/C38H36ClN3O4S/c1-2-3-14-27-41(38(44)42(31-15-6-4-7-16-31)32-17-8-5-9-18-32)28-29-23-25-30(26-24-29)33-19-11-13-22-36(33)47(45,46)40-37(43)34-20-10-12-21-35(34)39/h4-13,15-26H,2-3,14,27-28H2,1H3,(H,40,43). The Kier molecular flexibility index (Phi) is 11.1. The molecule has 5 aromatic rings. The van der Waals surface area contributed by atoms with Crippen LogP contribution in [0.5, 0.6) is 0 Å². The monoisotopic (exact) mass is 665 g/mol. The van der Waals surface area contributed by atoms with Crippen molar-refractivity contribution < 1.29 is 18.0 Å². The minimum absolute atomic E-state index is 0.0362. The summed E-state index contributed by atoms with van der Waals surface area (Å²) in [5, 5.41) is 0.155. The summed E-state index contributed by atoms with van der Waals surface area (Å²) in [5.74, 6) is -0.811. The van der Waals surface area contributed by atoms with Gasteiger partial charge in [0.05, 0.1) is 26.9 Å². The molecule has 9 heteroatoms. The number of unbranched alkanes of at least 4 members (excludes halogenated alkanes) is 2. The highest BCUT2D eigenvalue weighted by Gasteiger charge is 2.25. The van der Waals surface area contributed by atoms with Crippen LogP contribution in [0.4, 0.5) is 16.2 Å². The van der Waals surface area contributed by atoms with Crippen LogP contribution in [0.2, 0.25) is 5.02 Å². The fraction of sp³-hybridized carbons (Fsp3) is 0.158. The average Bonchev–Trinajstić information content (AvgIpc) is 3.09. The molecule has 0 spiro atoms. The molecule has 47 heavy (non-hydrogen) atoms. The van der Waals surface area contributed by atoms with Crippen LogP contribution in [0, 0.1) is 0 Å². The smallest absolute Gasteiger partial charge is 0.320 e. The van der Waals surface area contributed by atoms with Crippen LogP contribution in [-0.2, 0) is 16.6 Å². The van der Waals surface area contributed by atoms with Crippen molar-refractivity contribution >= 4 is 44.9 Å². The summed E-state index contributed by atoms with van der Waals surface area (Å²) < 4.78 is 29.0. The van der Waals surface area contributed by atoms with Crippen molar-refractivity contribution in [2.45, 2.75) is 37.6 Å². The first-order chi connectivity index (χ1) is 22.8. The predicted octanol–water partition coefficient (Wildman–Crippen LogP) is 9.08. The van der Waals surface area contributed by atoms with E-state index in [9.17, 15) is 18.0 Å². The number of carbonyl (C=O) groups is 2. The van der Waals surface area contributed by atoms with E-state index in [1.54, 1.807) is 35.2 Å². The number of rotatable bonds is 12. The third kappa shape index (κ3) is 8.27. The third-order valence-corrected chi connectivity index (χ3v) is 9.40. The van der Waals surface area contributed by atoms with Crippen molar-refractivity contribution in [1.82, 2.24) is 9.62 Å². The molecular weight excluding hydrogens is 630 g/mol. The minimum Gasteiger partial charge on any atom is -0.320 e. The summed E-state index contributed by atoms with van der Waals surface area (Å²) in [6.07, 6.45) is 2.89. The van der Waals surface area contributed by atoms with E-state index in [1.165, 1.54) is 18.2 Å². The van der Waals surface area contributed by atoms with Crippen molar-refractivity contribution in [3.05, 3.63) is 150 Å². The molecule has 0 aliphatic rings. The molecule has 7 nitrogen and oxygen atoms in total. The van der Waals surface area contributed by atoms with E-state index >= 15 is 0 Å². The quantitative estimate of drug-likeness (QED) is 0.135. The molecule has 0 unspecified atom stereocenters. The van der Waals surface area contributed by atoms with Gasteiger partial charge in [-0.3, -0.25) is 9.69 Å². The highest BCUT2D eigenvalue weighted by Crippen LogP contribution is 2.30. The Morgan fingerprint density at radius 3 is 1.89 bits per heavy atom. The average molecular weight is 666 g/mol. The van der Waals surface area contributed by atoms with Crippen LogP contribution >= 0.6 is 11.6 Å². The van der Waals surface area contributed by atoms with Gasteiger partial charge in [-0.25, -0.2) is 17.9 Å². The summed E-state index contributed by atoms with van der Waals surface area (Å²) in [6, 6.07) is 39.3. The Hall–Kier alpha value is -4.92. The van der Waals surface area contributed by atoms with Crippen LogP contribution < -0.4 is 9.62 Å². The van der Waals surface area contributed by atoms with Gasteiger partial charge < -0.3 is 4.90 Å². The second kappa shape index (κ2) is 15.6. The molecule has 0 aliphatic heterocycles. The lowest BCUT2D eigenvalue weighted by molar-refractivity contribution is 0.0981. The topological polar surface area (TPSA) is 86.8 Å². The molecule has 3 amide bonds. The molecule has 0 bridgehead atoms. The summed E-state index contributed by atoms with van der Waals surface area (Å²) in [7, 11) is -4.24. The maximum Gasteiger partial charge on any atom is 0.329 e. The normalized spacial score (nSPS) is 11.1. The van der Waals surface area contributed by atoms with Crippen molar-refractivity contribution in [2.75, 3.05) is 11.4 Å². The SMILES string of the molecule is CCCCCN(Cc1ccc(-c2ccccc2S(=O)(=O)NC(=O)c2ccccc2Cl)cc1)C(=O)N(c1ccccc1)c1ccccc1. The van der Waals surface area contributed by atoms with Gasteiger partial charge in [0.1, 0.15) is 0 Å². The Morgan fingerprint density at radius 1 is 0.702 bits per heavy atom. The zero-order valence-corrected chi connectivity index (χ0v) is 27.6. The minimum atomic E-state index is -4.24. The molecule has 5 rings (SSSR count). The highest BCUT2D eigenvalue weighted by molar-refractivity contribution is 7.90. The molecular formula is C38H36ClN3O4S. The number of urea groups is 1. The van der Waals surface area contributed by atoms with Crippen LogP contribution in [0.1, 0.15) is 42.1 Å². The predicted molar refractivity (Wildman–Crippen MR) is 188 cm³/mol. The molecule has 240 valence electrons. The van der Waals surface area contributed by atoms with Crippen LogP contribution in [0.3, 0.4) is 0 Å². The van der Waals surface area contributed by atoms with Crippen LogP contribution in [0.15, 0.2) is 138 Å². The van der Waals surface area contributed by atoms with E-state index in [1.807, 2.05) is 89.8 Å². The Morgan fingerprint density at radius 2 is 1.28 bits per heavy atom. The number of benzene rings is 5. The van der Waals surface area contributed by atoms with Gasteiger partial charge in [-0.2, -0.15) is 0 Å². The van der Waals surface area contributed by atoms with E-state index in [4.69, 9.17) is 11.6 Å². The van der Waals surface area contributed by atoms with Crippen LogP contribution in [0.25, 0.3) is 11.1 Å². The first-order valence-corrected chi connectivity index (χ1v) is 17.3. The first-order valence-electron chi connectivity index (χ1n) is 15.5. The fourth-order valence-corrected chi connectivity index (χ4v) is 6.71. The Balaban J connectivity index is 1.40. The van der Waals surface area contributed by atoms with Gasteiger partial charge in [0.2, 0.25) is 0 Å². The van der Waals surface area contributed by atoms with Crippen molar-refractivity contribution in [1.29, 1.82) is 0 Å². The number of anilines is 2. The van der Waals surface area contributed by atoms with Gasteiger partial charge >= 0.3 is 6.03 Å². The van der Waals surface area contributed by atoms with Crippen molar-refractivity contribution in [2.24, 2.45) is 0 Å². The first kappa shape index (κ1) is 33.4. The van der Waals surface area contributed by atoms with Gasteiger partial charge in [0, 0.05) is 18.7 Å². The number of para-hydroxylation sites is 2. The zero-order valence-electron chi connectivity index (χ0n) is 26.1. The molecule has 0 radical (unpaired) electrons. The lowest BCUT2D eigenvalue weighted by Gasteiger charge is -2.31. The number of hydrogen-bond acceptors (Lipinski definition) is 4. The largest absolute Gasteiger partial charge is 0.329 e. The lowest BCUT2D eigenvalue weighted by Crippen LogP contribution is -2.41. The Bertz CT molecular complexity index is 1880. The molecule has 0 fully saturated rings. The maximum atomic E-state index is 14.2. The molecule has 1 N–H and O–H groups in total. The summed E-state index contributed by atoms with van der Waals surface area (Å²) in [4.78, 5) is 30.6. The summed E-state index contributed by atoms with van der Waals surface area (Å²) >= 11 is 6.12. The number of amides is 3. The zero-order chi connectivity index (χ0) is 33.2. The molecule has 0 aliphatic carbocycles. The number of carbonyl (C=O) groups excluding carboxylic acids is 2. The lowest BCUT2D eigenvalue weighted by atomic mass is 10.0. The molecule has 0 saturated carbocycles. The van der Waals surface area contributed by atoms with Gasteiger partial charge in [-0.1, -0.05) is 122 Å². The highest BCUT2D eigenvalue weighted by atomic mass is 35.5. The maximum absolute atomic E-state index is 14.2. The van der Waals surface area contributed by atoms with Gasteiger partial charge in [0.15, 0.2) is 0 Å². The Labute approximate surface area is 281 Å². The molecule has 0 atom stereocenters. The van der Waals surface area contributed by atoms with Crippen LogP contribution in [-0.4, -0.2) is 31.8 Å². The van der Waals surface area contributed by atoms with Crippen molar-refractivity contribution in [3.63, 3.8) is 0 Å². The van der Waals surface area contributed by atoms with E-state index in [0.717, 1.165) is 36.2 Å². The van der Waals surface area contributed by atoms with Gasteiger partial charge in [-0.05, 0) is 60.0 Å². The second-order valence-corrected chi connectivity index (χ2v) is 13.1. The van der Waals surface area contributed by atoms with E-state index in [2.05, 4.69) is 11.6 Å². The number of nitrogens with one attached hydrogen (secondary N) is 1. The molecule has 0 saturated heterocycles. The van der Waals surface area contributed by atoms with Gasteiger partial charge in [-0.15, -0.1) is 0 Å². The molecule has 0 heterocycles. The fourth-order valence-electron chi connectivity index (χ4n) is 5.29. The van der Waals surface area contributed by atoms with E-state index in [0.29, 0.717) is 24.2 Å².